The van der Waals surface area contributed by atoms with Crippen molar-refractivity contribution in [3.05, 3.63) is 40.8 Å². The average molecular weight is 329 g/mol. The molecule has 0 radical (unpaired) electrons. The highest BCUT2D eigenvalue weighted by molar-refractivity contribution is 6.08. The highest BCUT2D eigenvalue weighted by Gasteiger charge is 2.29. The molecule has 6 nitrogen and oxygen atoms in total. The van der Waals surface area contributed by atoms with Gasteiger partial charge in [-0.2, -0.15) is 0 Å². The monoisotopic (exact) mass is 329 g/mol. The van der Waals surface area contributed by atoms with Gasteiger partial charge in [-0.3, -0.25) is 9.59 Å². The Morgan fingerprint density at radius 1 is 1.21 bits per heavy atom. The molecule has 0 spiro atoms. The van der Waals surface area contributed by atoms with Gasteiger partial charge in [0.1, 0.15) is 17.3 Å². The van der Waals surface area contributed by atoms with E-state index in [0.29, 0.717) is 46.9 Å². The van der Waals surface area contributed by atoms with Gasteiger partial charge >= 0.3 is 0 Å². The van der Waals surface area contributed by atoms with Crippen LogP contribution in [0.5, 0.6) is 11.5 Å². The standard InChI is InChI=1S/C18H19NO5/c1-10-16-13(20)5-4-6-15(16)24-17(10)18(21)19-12-9-11(22-2)7-8-14(12)23-3/h7-9H,4-6H2,1-3H3,(H,19,21). The summed E-state index contributed by atoms with van der Waals surface area (Å²) in [6.07, 6.45) is 1.93. The van der Waals surface area contributed by atoms with Crippen molar-refractivity contribution >= 4 is 17.4 Å². The second-order valence-corrected chi connectivity index (χ2v) is 5.65. The normalized spacial score (nSPS) is 13.4. The number of anilines is 1. The van der Waals surface area contributed by atoms with Gasteiger partial charge in [-0.05, 0) is 25.5 Å². The van der Waals surface area contributed by atoms with Crippen molar-refractivity contribution in [3.8, 4) is 11.5 Å². The number of benzene rings is 1. The summed E-state index contributed by atoms with van der Waals surface area (Å²) in [5, 5.41) is 2.77. The summed E-state index contributed by atoms with van der Waals surface area (Å²) in [5.41, 5.74) is 1.63. The maximum absolute atomic E-state index is 12.6. The van der Waals surface area contributed by atoms with Crippen LogP contribution < -0.4 is 14.8 Å². The van der Waals surface area contributed by atoms with Crippen molar-refractivity contribution in [2.45, 2.75) is 26.2 Å². The summed E-state index contributed by atoms with van der Waals surface area (Å²) < 4.78 is 16.1. The molecular weight excluding hydrogens is 310 g/mol. The molecule has 0 saturated heterocycles. The van der Waals surface area contributed by atoms with Gasteiger partial charge in [0.05, 0.1) is 25.5 Å². The van der Waals surface area contributed by atoms with Crippen molar-refractivity contribution in [1.29, 1.82) is 0 Å². The van der Waals surface area contributed by atoms with Gasteiger partial charge in [0.25, 0.3) is 5.91 Å². The van der Waals surface area contributed by atoms with Gasteiger partial charge in [0, 0.05) is 24.5 Å². The van der Waals surface area contributed by atoms with Crippen LogP contribution in [0.2, 0.25) is 0 Å². The number of methoxy groups -OCH3 is 2. The third-order valence-corrected chi connectivity index (χ3v) is 4.17. The molecule has 6 heteroatoms. The van der Waals surface area contributed by atoms with Crippen molar-refractivity contribution in [3.63, 3.8) is 0 Å². The second kappa shape index (κ2) is 6.39. The van der Waals surface area contributed by atoms with E-state index in [9.17, 15) is 9.59 Å². The molecule has 0 aliphatic heterocycles. The summed E-state index contributed by atoms with van der Waals surface area (Å²) in [5.74, 6) is 1.49. The number of hydrogen-bond acceptors (Lipinski definition) is 5. The molecule has 0 bridgehead atoms. The molecule has 126 valence electrons. The molecule has 0 unspecified atom stereocenters. The summed E-state index contributed by atoms with van der Waals surface area (Å²) >= 11 is 0. The lowest BCUT2D eigenvalue weighted by atomic mass is 9.94. The number of carbonyl (C=O) groups excluding carboxylic acids is 2. The Balaban J connectivity index is 1.93. The van der Waals surface area contributed by atoms with E-state index in [-0.39, 0.29) is 11.5 Å². The predicted octanol–water partition coefficient (Wildman–Crippen LogP) is 3.38. The van der Waals surface area contributed by atoms with Crippen molar-refractivity contribution in [2.75, 3.05) is 19.5 Å². The molecular formula is C18H19NO5. The van der Waals surface area contributed by atoms with Crippen LogP contribution >= 0.6 is 0 Å². The molecule has 0 fully saturated rings. The number of carbonyl (C=O) groups is 2. The molecule has 1 amide bonds. The zero-order valence-electron chi connectivity index (χ0n) is 13.9. The predicted molar refractivity (Wildman–Crippen MR) is 88.2 cm³/mol. The number of ketones is 1. The fraction of sp³-hybridized carbons (Fsp3) is 0.333. The first kappa shape index (κ1) is 16.1. The SMILES string of the molecule is COc1ccc(OC)c(NC(=O)c2oc3c(c2C)C(=O)CCC3)c1. The number of ether oxygens (including phenoxy) is 2. The molecule has 2 aromatic rings. The first-order chi connectivity index (χ1) is 11.5. The highest BCUT2D eigenvalue weighted by Crippen LogP contribution is 2.32. The minimum absolute atomic E-state index is 0.0375. The van der Waals surface area contributed by atoms with Crippen LogP contribution in [-0.4, -0.2) is 25.9 Å². The molecule has 1 aliphatic rings. The summed E-state index contributed by atoms with van der Waals surface area (Å²) in [7, 11) is 3.07. The van der Waals surface area contributed by atoms with E-state index in [4.69, 9.17) is 13.9 Å². The molecule has 1 aromatic heterocycles. The minimum atomic E-state index is -0.416. The van der Waals surface area contributed by atoms with E-state index < -0.39 is 5.91 Å². The molecule has 0 saturated carbocycles. The summed E-state index contributed by atoms with van der Waals surface area (Å²) in [6.45, 7) is 1.74. The van der Waals surface area contributed by atoms with Crippen molar-refractivity contribution in [1.82, 2.24) is 0 Å². The number of amides is 1. The van der Waals surface area contributed by atoms with Crippen molar-refractivity contribution in [2.24, 2.45) is 0 Å². The fourth-order valence-electron chi connectivity index (χ4n) is 2.96. The van der Waals surface area contributed by atoms with E-state index in [0.717, 1.165) is 6.42 Å². The number of hydrogen-bond donors (Lipinski definition) is 1. The average Bonchev–Trinajstić information content (AvgIpc) is 2.93. The van der Waals surface area contributed by atoms with E-state index in [2.05, 4.69) is 5.32 Å². The molecule has 3 rings (SSSR count). The van der Waals surface area contributed by atoms with Gasteiger partial charge in [0.15, 0.2) is 11.5 Å². The summed E-state index contributed by atoms with van der Waals surface area (Å²) in [4.78, 5) is 24.7. The molecule has 0 atom stereocenters. The van der Waals surface area contributed by atoms with E-state index in [1.165, 1.54) is 7.11 Å². The van der Waals surface area contributed by atoms with E-state index >= 15 is 0 Å². The van der Waals surface area contributed by atoms with Crippen molar-refractivity contribution < 1.29 is 23.5 Å². The van der Waals surface area contributed by atoms with Gasteiger partial charge in [-0.25, -0.2) is 0 Å². The Labute approximate surface area is 139 Å². The van der Waals surface area contributed by atoms with Crippen LogP contribution in [-0.2, 0) is 6.42 Å². The second-order valence-electron chi connectivity index (χ2n) is 5.65. The lowest BCUT2D eigenvalue weighted by Gasteiger charge is -2.11. The Morgan fingerprint density at radius 3 is 2.67 bits per heavy atom. The van der Waals surface area contributed by atoms with Crippen LogP contribution in [0.4, 0.5) is 5.69 Å². The van der Waals surface area contributed by atoms with Crippen LogP contribution in [0.15, 0.2) is 22.6 Å². The first-order valence-corrected chi connectivity index (χ1v) is 7.74. The smallest absolute Gasteiger partial charge is 0.291 e. The van der Waals surface area contributed by atoms with Gasteiger partial charge in [0.2, 0.25) is 0 Å². The maximum Gasteiger partial charge on any atom is 0.291 e. The zero-order valence-corrected chi connectivity index (χ0v) is 13.9. The van der Waals surface area contributed by atoms with Gasteiger partial charge < -0.3 is 19.2 Å². The number of nitrogens with one attached hydrogen (secondary N) is 1. The number of rotatable bonds is 4. The van der Waals surface area contributed by atoms with E-state index in [1.807, 2.05) is 0 Å². The van der Waals surface area contributed by atoms with Crippen LogP contribution in [0, 0.1) is 6.92 Å². The largest absolute Gasteiger partial charge is 0.497 e. The minimum Gasteiger partial charge on any atom is -0.497 e. The maximum atomic E-state index is 12.6. The Hall–Kier alpha value is -2.76. The molecule has 1 heterocycles. The Morgan fingerprint density at radius 2 is 2.00 bits per heavy atom. The number of furan rings is 1. The van der Waals surface area contributed by atoms with Crippen LogP contribution in [0.1, 0.15) is 45.1 Å². The van der Waals surface area contributed by atoms with Crippen LogP contribution in [0.25, 0.3) is 0 Å². The topological polar surface area (TPSA) is 77.8 Å². The fourth-order valence-corrected chi connectivity index (χ4v) is 2.96. The van der Waals surface area contributed by atoms with Crippen LogP contribution in [0.3, 0.4) is 0 Å². The quantitative estimate of drug-likeness (QED) is 0.930. The molecule has 1 N–H and O–H groups in total. The highest BCUT2D eigenvalue weighted by atomic mass is 16.5. The summed E-state index contributed by atoms with van der Waals surface area (Å²) in [6, 6.07) is 5.11. The third-order valence-electron chi connectivity index (χ3n) is 4.17. The Kier molecular flexibility index (Phi) is 4.29. The number of Topliss-reactive ketones (excluding diaryl/α,β-unsaturated/α-hetero) is 1. The zero-order chi connectivity index (χ0) is 17.3. The number of fused-ring (bicyclic) bond motifs is 1. The van der Waals surface area contributed by atoms with E-state index in [1.54, 1.807) is 32.2 Å². The van der Waals surface area contributed by atoms with Gasteiger partial charge in [-0.15, -0.1) is 0 Å². The molecule has 1 aromatic carbocycles. The lowest BCUT2D eigenvalue weighted by Crippen LogP contribution is -2.14. The third kappa shape index (κ3) is 2.75. The lowest BCUT2D eigenvalue weighted by molar-refractivity contribution is 0.0963. The number of aryl methyl sites for hydroxylation is 1. The molecule has 24 heavy (non-hydrogen) atoms. The van der Waals surface area contributed by atoms with Gasteiger partial charge in [-0.1, -0.05) is 0 Å². The first-order valence-electron chi connectivity index (χ1n) is 7.74. The molecule has 1 aliphatic carbocycles. The Bertz CT molecular complexity index is 806.